The molecule has 2 atom stereocenters. The standard InChI is InChI=1S/C13H19FN2O3.ClH/c1-8(16-13(17)11(15)7-18-2)10-6-9(14)4-5-12(10)19-3;/h4-6,8,11H,7,15H2,1-3H3,(H,16,17);1H. The number of benzene rings is 1. The fraction of sp³-hybridized carbons (Fsp3) is 0.462. The van der Waals surface area contributed by atoms with E-state index in [9.17, 15) is 9.18 Å². The molecule has 1 aromatic rings. The van der Waals surface area contributed by atoms with E-state index in [1.54, 1.807) is 6.92 Å². The van der Waals surface area contributed by atoms with Crippen molar-refractivity contribution in [2.45, 2.75) is 19.0 Å². The average molecular weight is 307 g/mol. The second-order valence-electron chi connectivity index (χ2n) is 4.18. The van der Waals surface area contributed by atoms with Crippen LogP contribution in [0.15, 0.2) is 18.2 Å². The third kappa shape index (κ3) is 4.96. The van der Waals surface area contributed by atoms with Crippen LogP contribution in [-0.4, -0.2) is 32.8 Å². The monoisotopic (exact) mass is 306 g/mol. The molecule has 1 amide bonds. The van der Waals surface area contributed by atoms with Crippen molar-refractivity contribution < 1.29 is 18.7 Å². The van der Waals surface area contributed by atoms with Gasteiger partial charge in [-0.2, -0.15) is 0 Å². The molecular weight excluding hydrogens is 287 g/mol. The molecule has 0 fully saturated rings. The molecule has 0 bridgehead atoms. The third-order valence-corrected chi connectivity index (χ3v) is 2.70. The van der Waals surface area contributed by atoms with Crippen molar-refractivity contribution in [2.75, 3.05) is 20.8 Å². The molecule has 7 heteroatoms. The van der Waals surface area contributed by atoms with Crippen molar-refractivity contribution in [3.63, 3.8) is 0 Å². The Labute approximate surface area is 124 Å². The number of hydrogen-bond acceptors (Lipinski definition) is 4. The molecule has 5 nitrogen and oxygen atoms in total. The van der Waals surface area contributed by atoms with Gasteiger partial charge < -0.3 is 20.5 Å². The maximum atomic E-state index is 13.2. The van der Waals surface area contributed by atoms with Crippen molar-refractivity contribution in [2.24, 2.45) is 5.73 Å². The van der Waals surface area contributed by atoms with E-state index in [1.165, 1.54) is 32.4 Å². The van der Waals surface area contributed by atoms with Gasteiger partial charge in [-0.25, -0.2) is 4.39 Å². The highest BCUT2D eigenvalue weighted by molar-refractivity contribution is 5.85. The SMILES string of the molecule is COCC(N)C(=O)NC(C)c1cc(F)ccc1OC.Cl. The van der Waals surface area contributed by atoms with E-state index in [2.05, 4.69) is 5.32 Å². The minimum Gasteiger partial charge on any atom is -0.496 e. The minimum absolute atomic E-state index is 0. The summed E-state index contributed by atoms with van der Waals surface area (Å²) < 4.78 is 23.2. The zero-order chi connectivity index (χ0) is 14.4. The van der Waals surface area contributed by atoms with E-state index >= 15 is 0 Å². The highest BCUT2D eigenvalue weighted by atomic mass is 35.5. The average Bonchev–Trinajstić information content (AvgIpc) is 2.38. The molecule has 0 aliphatic heterocycles. The van der Waals surface area contributed by atoms with E-state index in [1.807, 2.05) is 0 Å². The van der Waals surface area contributed by atoms with Gasteiger partial charge in [0.1, 0.15) is 17.6 Å². The maximum Gasteiger partial charge on any atom is 0.239 e. The summed E-state index contributed by atoms with van der Waals surface area (Å²) in [6.07, 6.45) is 0. The molecule has 1 aromatic carbocycles. The number of rotatable bonds is 6. The zero-order valence-corrected chi connectivity index (χ0v) is 12.5. The lowest BCUT2D eigenvalue weighted by molar-refractivity contribution is -0.124. The number of methoxy groups -OCH3 is 2. The molecule has 0 spiro atoms. The van der Waals surface area contributed by atoms with Crippen LogP contribution < -0.4 is 15.8 Å². The Hall–Kier alpha value is -1.37. The second kappa shape index (κ2) is 8.73. The summed E-state index contributed by atoms with van der Waals surface area (Å²) in [5.74, 6) is -0.242. The van der Waals surface area contributed by atoms with Crippen LogP contribution in [0.3, 0.4) is 0 Å². The molecule has 114 valence electrons. The molecule has 0 saturated carbocycles. The summed E-state index contributed by atoms with van der Waals surface area (Å²) in [7, 11) is 2.95. The van der Waals surface area contributed by atoms with Gasteiger partial charge in [0.25, 0.3) is 0 Å². The molecule has 0 aliphatic rings. The van der Waals surface area contributed by atoms with Crippen LogP contribution in [-0.2, 0) is 9.53 Å². The lowest BCUT2D eigenvalue weighted by Crippen LogP contribution is -2.44. The quantitative estimate of drug-likeness (QED) is 0.833. The molecule has 2 unspecified atom stereocenters. The van der Waals surface area contributed by atoms with E-state index in [0.717, 1.165) is 0 Å². The lowest BCUT2D eigenvalue weighted by atomic mass is 10.1. The number of ether oxygens (including phenoxy) is 2. The van der Waals surface area contributed by atoms with Gasteiger partial charge in [-0.1, -0.05) is 0 Å². The van der Waals surface area contributed by atoms with E-state index < -0.39 is 17.9 Å². The Bertz CT molecular complexity index is 446. The molecule has 1 rings (SSSR count). The van der Waals surface area contributed by atoms with E-state index in [4.69, 9.17) is 15.2 Å². The molecule has 0 heterocycles. The van der Waals surface area contributed by atoms with Crippen molar-refractivity contribution >= 4 is 18.3 Å². The van der Waals surface area contributed by atoms with Gasteiger partial charge in [-0.15, -0.1) is 12.4 Å². The van der Waals surface area contributed by atoms with Crippen molar-refractivity contribution in [1.82, 2.24) is 5.32 Å². The Balaban J connectivity index is 0.00000361. The number of carbonyl (C=O) groups is 1. The molecule has 3 N–H and O–H groups in total. The zero-order valence-electron chi connectivity index (χ0n) is 11.7. The van der Waals surface area contributed by atoms with Crippen LogP contribution in [0.5, 0.6) is 5.75 Å². The summed E-state index contributed by atoms with van der Waals surface area (Å²) in [4.78, 5) is 11.8. The number of halogens is 2. The van der Waals surface area contributed by atoms with Gasteiger partial charge in [0, 0.05) is 12.7 Å². The molecule has 0 radical (unpaired) electrons. The molecule has 0 saturated heterocycles. The van der Waals surface area contributed by atoms with Crippen LogP contribution >= 0.6 is 12.4 Å². The Morgan fingerprint density at radius 3 is 2.65 bits per heavy atom. The highest BCUT2D eigenvalue weighted by Crippen LogP contribution is 2.25. The van der Waals surface area contributed by atoms with Crippen LogP contribution in [0.25, 0.3) is 0 Å². The smallest absolute Gasteiger partial charge is 0.239 e. The number of amides is 1. The normalized spacial score (nSPS) is 13.1. The Morgan fingerprint density at radius 2 is 2.10 bits per heavy atom. The van der Waals surface area contributed by atoms with Gasteiger partial charge in [0.2, 0.25) is 5.91 Å². The van der Waals surface area contributed by atoms with Crippen LogP contribution in [0.4, 0.5) is 4.39 Å². The van der Waals surface area contributed by atoms with Crippen molar-refractivity contribution in [3.8, 4) is 5.75 Å². The summed E-state index contributed by atoms with van der Waals surface area (Å²) in [5.41, 5.74) is 6.17. The number of hydrogen-bond donors (Lipinski definition) is 2. The first-order valence-corrected chi connectivity index (χ1v) is 5.88. The first-order valence-electron chi connectivity index (χ1n) is 5.88. The molecule has 0 aliphatic carbocycles. The largest absolute Gasteiger partial charge is 0.496 e. The van der Waals surface area contributed by atoms with Gasteiger partial charge in [0.15, 0.2) is 0 Å². The fourth-order valence-electron chi connectivity index (χ4n) is 1.70. The van der Waals surface area contributed by atoms with E-state index in [0.29, 0.717) is 11.3 Å². The van der Waals surface area contributed by atoms with E-state index in [-0.39, 0.29) is 24.9 Å². The fourth-order valence-corrected chi connectivity index (χ4v) is 1.70. The van der Waals surface area contributed by atoms with Crippen LogP contribution in [0, 0.1) is 5.82 Å². The Morgan fingerprint density at radius 1 is 1.45 bits per heavy atom. The van der Waals surface area contributed by atoms with Crippen molar-refractivity contribution in [1.29, 1.82) is 0 Å². The minimum atomic E-state index is -0.757. The second-order valence-corrected chi connectivity index (χ2v) is 4.18. The van der Waals surface area contributed by atoms with Gasteiger partial charge in [-0.3, -0.25) is 4.79 Å². The Kier molecular flexibility index (Phi) is 8.13. The number of nitrogens with two attached hydrogens (primary N) is 1. The number of carbonyl (C=O) groups excluding carboxylic acids is 1. The van der Waals surface area contributed by atoms with Gasteiger partial charge >= 0.3 is 0 Å². The predicted octanol–water partition coefficient (Wildman–Crippen LogP) is 1.41. The van der Waals surface area contributed by atoms with Gasteiger partial charge in [0.05, 0.1) is 19.8 Å². The first kappa shape index (κ1) is 18.6. The molecular formula is C13H20ClFN2O3. The lowest BCUT2D eigenvalue weighted by Gasteiger charge is -2.19. The van der Waals surface area contributed by atoms with Gasteiger partial charge in [-0.05, 0) is 25.1 Å². The maximum absolute atomic E-state index is 13.2. The summed E-state index contributed by atoms with van der Waals surface area (Å²) in [6, 6.07) is 2.97. The third-order valence-electron chi connectivity index (χ3n) is 2.70. The predicted molar refractivity (Wildman–Crippen MR) is 76.6 cm³/mol. The van der Waals surface area contributed by atoms with Crippen LogP contribution in [0.2, 0.25) is 0 Å². The topological polar surface area (TPSA) is 73.6 Å². The summed E-state index contributed by atoms with van der Waals surface area (Å²) in [5, 5.41) is 2.69. The molecule has 20 heavy (non-hydrogen) atoms. The highest BCUT2D eigenvalue weighted by Gasteiger charge is 2.19. The first-order chi connectivity index (χ1) is 8.99. The van der Waals surface area contributed by atoms with Crippen molar-refractivity contribution in [3.05, 3.63) is 29.6 Å². The summed E-state index contributed by atoms with van der Waals surface area (Å²) >= 11 is 0. The molecule has 0 aromatic heterocycles. The van der Waals surface area contributed by atoms with Crippen LogP contribution in [0.1, 0.15) is 18.5 Å². The summed E-state index contributed by atoms with van der Waals surface area (Å²) in [6.45, 7) is 1.85. The number of nitrogens with one attached hydrogen (secondary N) is 1.